The topological polar surface area (TPSA) is 54.3 Å². The molecule has 1 aliphatic heterocycles. The first-order valence-electron chi connectivity index (χ1n) is 10.7. The molecule has 1 aliphatic carbocycles. The number of rotatable bonds is 3. The van der Waals surface area contributed by atoms with E-state index in [2.05, 4.69) is 11.4 Å². The van der Waals surface area contributed by atoms with Crippen molar-refractivity contribution in [3.8, 4) is 0 Å². The fourth-order valence-electron chi connectivity index (χ4n) is 5.04. The minimum Gasteiger partial charge on any atom is -0.351 e. The fraction of sp³-hybridized carbons (Fsp3) is 0.417. The molecule has 3 aromatic rings. The van der Waals surface area contributed by atoms with Gasteiger partial charge in [0.2, 0.25) is 5.91 Å². The van der Waals surface area contributed by atoms with Gasteiger partial charge in [0.05, 0.1) is 6.54 Å². The van der Waals surface area contributed by atoms with E-state index in [9.17, 15) is 9.59 Å². The zero-order chi connectivity index (χ0) is 21.0. The molecule has 0 saturated heterocycles. The molecule has 2 amide bonds. The van der Waals surface area contributed by atoms with Gasteiger partial charge in [0.15, 0.2) is 0 Å². The van der Waals surface area contributed by atoms with Crippen LogP contribution in [0.1, 0.15) is 54.2 Å². The van der Waals surface area contributed by atoms with E-state index in [-0.39, 0.29) is 17.9 Å². The molecule has 2 aromatic heterocycles. The minimum atomic E-state index is -0.997. The highest BCUT2D eigenvalue weighted by Gasteiger charge is 2.49. The van der Waals surface area contributed by atoms with Crippen LogP contribution in [-0.2, 0) is 11.3 Å². The Balaban J connectivity index is 1.65. The summed E-state index contributed by atoms with van der Waals surface area (Å²) in [7, 11) is 0. The predicted octanol–water partition coefficient (Wildman–Crippen LogP) is 4.80. The van der Waals surface area contributed by atoms with E-state index >= 15 is 0 Å². The third kappa shape index (κ3) is 2.88. The van der Waals surface area contributed by atoms with Crippen LogP contribution in [-0.4, -0.2) is 28.0 Å². The SMILES string of the molecule is Cc1ccc(N2C(=O)c3cc4ccsc4n3C[C@]2(C)C(=O)NC2CCCC2)c(C)c1. The first-order valence-corrected chi connectivity index (χ1v) is 11.6. The molecule has 1 aromatic carbocycles. The van der Waals surface area contributed by atoms with E-state index in [1.54, 1.807) is 16.2 Å². The lowest BCUT2D eigenvalue weighted by Crippen LogP contribution is -2.65. The summed E-state index contributed by atoms with van der Waals surface area (Å²) in [5.41, 5.74) is 2.61. The molecule has 6 heteroatoms. The Morgan fingerprint density at radius 1 is 1.17 bits per heavy atom. The van der Waals surface area contributed by atoms with Gasteiger partial charge in [-0.05, 0) is 62.8 Å². The first-order chi connectivity index (χ1) is 14.4. The molecule has 0 radical (unpaired) electrons. The summed E-state index contributed by atoms with van der Waals surface area (Å²) in [5, 5.41) is 6.36. The largest absolute Gasteiger partial charge is 0.351 e. The van der Waals surface area contributed by atoms with Gasteiger partial charge in [0.1, 0.15) is 16.1 Å². The van der Waals surface area contributed by atoms with Crippen molar-refractivity contribution in [3.05, 3.63) is 52.5 Å². The summed E-state index contributed by atoms with van der Waals surface area (Å²) in [4.78, 5) is 30.3. The van der Waals surface area contributed by atoms with Crippen molar-refractivity contribution in [3.63, 3.8) is 0 Å². The lowest BCUT2D eigenvalue weighted by Gasteiger charge is -2.45. The number of carbonyl (C=O) groups is 2. The summed E-state index contributed by atoms with van der Waals surface area (Å²) in [5.74, 6) is -0.174. The molecule has 0 unspecified atom stereocenters. The van der Waals surface area contributed by atoms with Crippen molar-refractivity contribution < 1.29 is 9.59 Å². The van der Waals surface area contributed by atoms with Gasteiger partial charge in [-0.2, -0.15) is 0 Å². The number of carbonyl (C=O) groups excluding carboxylic acids is 2. The van der Waals surface area contributed by atoms with E-state index in [0.717, 1.165) is 52.7 Å². The molecular formula is C24H27N3O2S. The number of anilines is 1. The van der Waals surface area contributed by atoms with Crippen molar-refractivity contribution in [1.29, 1.82) is 0 Å². The number of amides is 2. The molecule has 1 saturated carbocycles. The van der Waals surface area contributed by atoms with Gasteiger partial charge in [-0.1, -0.05) is 30.5 Å². The molecule has 1 fully saturated rings. The number of aromatic nitrogens is 1. The monoisotopic (exact) mass is 421 g/mol. The molecule has 0 spiro atoms. The van der Waals surface area contributed by atoms with E-state index in [1.165, 1.54) is 0 Å². The third-order valence-corrected chi connectivity index (χ3v) is 7.61. The van der Waals surface area contributed by atoms with Crippen LogP contribution in [0, 0.1) is 13.8 Å². The van der Waals surface area contributed by atoms with Crippen LogP contribution >= 0.6 is 11.3 Å². The van der Waals surface area contributed by atoms with Crippen molar-refractivity contribution in [2.24, 2.45) is 0 Å². The molecule has 1 atom stereocenters. The van der Waals surface area contributed by atoms with E-state index in [4.69, 9.17) is 0 Å². The summed E-state index contributed by atoms with van der Waals surface area (Å²) in [6.07, 6.45) is 4.34. The van der Waals surface area contributed by atoms with Gasteiger partial charge < -0.3 is 9.88 Å². The average Bonchev–Trinajstić information content (AvgIpc) is 3.42. The maximum atomic E-state index is 13.8. The standard InChI is InChI=1S/C24H27N3O2S/c1-15-8-9-19(16(2)12-15)27-21(28)20-13-17-10-11-30-22(17)26(20)14-24(27,3)23(29)25-18-6-4-5-7-18/h8-13,18H,4-7,14H2,1-3H3,(H,25,29)/t24-/m1/s1. The number of hydrogen-bond acceptors (Lipinski definition) is 3. The Bertz CT molecular complexity index is 1150. The summed E-state index contributed by atoms with van der Waals surface area (Å²) in [6.45, 7) is 6.41. The first kappa shape index (κ1) is 19.4. The molecule has 5 nitrogen and oxygen atoms in total. The average molecular weight is 422 g/mol. The highest BCUT2D eigenvalue weighted by Crippen LogP contribution is 2.39. The molecule has 2 aliphatic rings. The van der Waals surface area contributed by atoms with Gasteiger partial charge in [0.25, 0.3) is 5.91 Å². The Morgan fingerprint density at radius 2 is 1.93 bits per heavy atom. The number of thiophene rings is 1. The second kappa shape index (κ2) is 6.98. The van der Waals surface area contributed by atoms with Crippen LogP contribution < -0.4 is 10.2 Å². The van der Waals surface area contributed by atoms with Crippen LogP contribution in [0.15, 0.2) is 35.7 Å². The molecule has 30 heavy (non-hydrogen) atoms. The third-order valence-electron chi connectivity index (χ3n) is 6.66. The Hall–Kier alpha value is -2.60. The number of nitrogens with one attached hydrogen (secondary N) is 1. The zero-order valence-electron chi connectivity index (χ0n) is 17.7. The summed E-state index contributed by atoms with van der Waals surface area (Å²) < 4.78 is 2.04. The molecular weight excluding hydrogens is 394 g/mol. The second-order valence-corrected chi connectivity index (χ2v) is 9.85. The molecule has 1 N–H and O–H groups in total. The lowest BCUT2D eigenvalue weighted by atomic mass is 9.92. The maximum Gasteiger partial charge on any atom is 0.275 e. The van der Waals surface area contributed by atoms with Crippen LogP contribution in [0.2, 0.25) is 0 Å². The quantitative estimate of drug-likeness (QED) is 0.661. The number of hydrogen-bond donors (Lipinski definition) is 1. The smallest absolute Gasteiger partial charge is 0.275 e. The zero-order valence-corrected chi connectivity index (χ0v) is 18.5. The highest BCUT2D eigenvalue weighted by molar-refractivity contribution is 7.16. The predicted molar refractivity (Wildman–Crippen MR) is 121 cm³/mol. The number of nitrogens with zero attached hydrogens (tertiary/aromatic N) is 2. The second-order valence-electron chi connectivity index (χ2n) is 8.96. The Kier molecular flexibility index (Phi) is 4.51. The lowest BCUT2D eigenvalue weighted by molar-refractivity contribution is -0.127. The van der Waals surface area contributed by atoms with E-state index in [1.807, 2.05) is 55.0 Å². The normalized spacial score (nSPS) is 22.0. The van der Waals surface area contributed by atoms with Gasteiger partial charge in [-0.3, -0.25) is 14.5 Å². The molecule has 3 heterocycles. The highest BCUT2D eigenvalue weighted by atomic mass is 32.1. The van der Waals surface area contributed by atoms with Crippen molar-refractivity contribution in [2.75, 3.05) is 4.90 Å². The summed E-state index contributed by atoms with van der Waals surface area (Å²) >= 11 is 1.62. The maximum absolute atomic E-state index is 13.8. The van der Waals surface area contributed by atoms with Crippen LogP contribution in [0.3, 0.4) is 0 Å². The van der Waals surface area contributed by atoms with E-state index in [0.29, 0.717) is 12.2 Å². The molecule has 5 rings (SSSR count). The number of fused-ring (bicyclic) bond motifs is 3. The van der Waals surface area contributed by atoms with E-state index < -0.39 is 5.54 Å². The Labute approximate surface area is 180 Å². The minimum absolute atomic E-state index is 0.0632. The van der Waals surface area contributed by atoms with Crippen molar-refractivity contribution in [2.45, 2.75) is 64.6 Å². The summed E-state index contributed by atoms with van der Waals surface area (Å²) in [6, 6.07) is 10.3. The van der Waals surface area contributed by atoms with Gasteiger partial charge >= 0.3 is 0 Å². The van der Waals surface area contributed by atoms with Gasteiger partial charge in [0, 0.05) is 17.1 Å². The Morgan fingerprint density at radius 3 is 2.67 bits per heavy atom. The van der Waals surface area contributed by atoms with Crippen LogP contribution in [0.25, 0.3) is 10.2 Å². The van der Waals surface area contributed by atoms with Crippen LogP contribution in [0.4, 0.5) is 5.69 Å². The number of benzene rings is 1. The van der Waals surface area contributed by atoms with Gasteiger partial charge in [-0.15, -0.1) is 11.3 Å². The molecule has 0 bridgehead atoms. The fourth-order valence-corrected chi connectivity index (χ4v) is 5.94. The van der Waals surface area contributed by atoms with Crippen molar-refractivity contribution in [1.82, 2.24) is 9.88 Å². The van der Waals surface area contributed by atoms with Crippen LogP contribution in [0.5, 0.6) is 0 Å². The van der Waals surface area contributed by atoms with Crippen molar-refractivity contribution >= 4 is 39.1 Å². The molecule has 156 valence electrons. The van der Waals surface area contributed by atoms with Gasteiger partial charge in [-0.25, -0.2) is 0 Å². The number of aryl methyl sites for hydroxylation is 2.